The monoisotopic (exact) mass is 303 g/mol. The molecule has 106 valence electrons. The van der Waals surface area contributed by atoms with Gasteiger partial charge in [-0.15, -0.1) is 0 Å². The SMILES string of the molecule is CCCc1c(Cl)ncnc1NC1CCCS(=O)(=O)C1. The van der Waals surface area contributed by atoms with Crippen LogP contribution >= 0.6 is 11.6 Å². The summed E-state index contributed by atoms with van der Waals surface area (Å²) in [5, 5.41) is 3.66. The van der Waals surface area contributed by atoms with E-state index in [9.17, 15) is 8.42 Å². The van der Waals surface area contributed by atoms with Crippen molar-refractivity contribution >= 4 is 27.3 Å². The maximum absolute atomic E-state index is 11.6. The Hall–Kier alpha value is -0.880. The van der Waals surface area contributed by atoms with Crippen LogP contribution in [-0.4, -0.2) is 35.9 Å². The molecule has 2 rings (SSSR count). The first-order valence-electron chi connectivity index (χ1n) is 6.48. The van der Waals surface area contributed by atoms with Gasteiger partial charge in [0.05, 0.1) is 11.5 Å². The van der Waals surface area contributed by atoms with Crippen LogP contribution in [0.2, 0.25) is 5.15 Å². The van der Waals surface area contributed by atoms with Crippen molar-refractivity contribution < 1.29 is 8.42 Å². The second-order valence-electron chi connectivity index (χ2n) is 4.84. The van der Waals surface area contributed by atoms with Gasteiger partial charge in [-0.2, -0.15) is 0 Å². The average Bonchev–Trinajstić information content (AvgIpc) is 2.32. The van der Waals surface area contributed by atoms with E-state index in [-0.39, 0.29) is 17.5 Å². The van der Waals surface area contributed by atoms with Gasteiger partial charge in [0.25, 0.3) is 0 Å². The van der Waals surface area contributed by atoms with Crippen molar-refractivity contribution in [1.29, 1.82) is 0 Å². The van der Waals surface area contributed by atoms with Crippen molar-refractivity contribution in [2.24, 2.45) is 0 Å². The van der Waals surface area contributed by atoms with E-state index in [2.05, 4.69) is 22.2 Å². The molecule has 1 N–H and O–H groups in total. The van der Waals surface area contributed by atoms with Crippen molar-refractivity contribution in [2.75, 3.05) is 16.8 Å². The lowest BCUT2D eigenvalue weighted by atomic mass is 10.1. The Bertz CT molecular complexity index is 548. The molecule has 1 aromatic heterocycles. The normalized spacial score (nSPS) is 22.1. The van der Waals surface area contributed by atoms with E-state index in [0.717, 1.165) is 24.8 Å². The molecule has 0 aromatic carbocycles. The van der Waals surface area contributed by atoms with Gasteiger partial charge in [-0.3, -0.25) is 0 Å². The number of rotatable bonds is 4. The van der Waals surface area contributed by atoms with E-state index in [1.165, 1.54) is 6.33 Å². The van der Waals surface area contributed by atoms with Crippen molar-refractivity contribution in [3.05, 3.63) is 17.0 Å². The van der Waals surface area contributed by atoms with Gasteiger partial charge in [0.15, 0.2) is 9.84 Å². The number of halogens is 1. The summed E-state index contributed by atoms with van der Waals surface area (Å²) in [7, 11) is -2.93. The Morgan fingerprint density at radius 1 is 1.47 bits per heavy atom. The predicted octanol–water partition coefficient (Wildman–Crippen LogP) is 2.07. The van der Waals surface area contributed by atoms with Crippen molar-refractivity contribution in [1.82, 2.24) is 9.97 Å². The number of anilines is 1. The van der Waals surface area contributed by atoms with Crippen molar-refractivity contribution in [3.63, 3.8) is 0 Å². The van der Waals surface area contributed by atoms with Crippen LogP contribution in [0.1, 0.15) is 31.7 Å². The first kappa shape index (κ1) is 14.5. The minimum atomic E-state index is -2.93. The predicted molar refractivity (Wildman–Crippen MR) is 76.3 cm³/mol. The fourth-order valence-electron chi connectivity index (χ4n) is 2.32. The molecular weight excluding hydrogens is 286 g/mol. The summed E-state index contributed by atoms with van der Waals surface area (Å²) >= 11 is 6.07. The Kier molecular flexibility index (Phi) is 4.62. The topological polar surface area (TPSA) is 72.0 Å². The van der Waals surface area contributed by atoms with Gasteiger partial charge in [-0.05, 0) is 19.3 Å². The molecule has 1 aromatic rings. The zero-order valence-electron chi connectivity index (χ0n) is 10.9. The number of nitrogens with zero attached hydrogens (tertiary/aromatic N) is 2. The Balaban J connectivity index is 2.16. The van der Waals surface area contributed by atoms with Gasteiger partial charge in [0.2, 0.25) is 0 Å². The largest absolute Gasteiger partial charge is 0.366 e. The van der Waals surface area contributed by atoms with Gasteiger partial charge in [-0.1, -0.05) is 24.9 Å². The molecule has 1 atom stereocenters. The van der Waals surface area contributed by atoms with Gasteiger partial charge < -0.3 is 5.32 Å². The van der Waals surface area contributed by atoms with Gasteiger partial charge in [0.1, 0.15) is 17.3 Å². The second kappa shape index (κ2) is 6.05. The molecule has 19 heavy (non-hydrogen) atoms. The van der Waals surface area contributed by atoms with Crippen LogP contribution < -0.4 is 5.32 Å². The molecule has 1 saturated heterocycles. The molecule has 7 heteroatoms. The van der Waals surface area contributed by atoms with Crippen LogP contribution in [0.25, 0.3) is 0 Å². The highest BCUT2D eigenvalue weighted by Crippen LogP contribution is 2.24. The lowest BCUT2D eigenvalue weighted by Crippen LogP contribution is -2.35. The average molecular weight is 304 g/mol. The summed E-state index contributed by atoms with van der Waals surface area (Å²) in [4.78, 5) is 8.17. The third-order valence-corrected chi connectivity index (χ3v) is 5.34. The summed E-state index contributed by atoms with van der Waals surface area (Å²) in [6.07, 6.45) is 4.65. The molecule has 0 radical (unpaired) electrons. The Morgan fingerprint density at radius 3 is 2.95 bits per heavy atom. The fourth-order valence-corrected chi connectivity index (χ4v) is 4.18. The van der Waals surface area contributed by atoms with Gasteiger partial charge >= 0.3 is 0 Å². The minimum absolute atomic E-state index is 0.0830. The Labute approximate surface area is 118 Å². The molecule has 5 nitrogen and oxygen atoms in total. The van der Waals surface area contributed by atoms with E-state index >= 15 is 0 Å². The van der Waals surface area contributed by atoms with Gasteiger partial charge in [-0.25, -0.2) is 18.4 Å². The van der Waals surface area contributed by atoms with Crippen LogP contribution in [0, 0.1) is 0 Å². The molecule has 1 fully saturated rings. The second-order valence-corrected chi connectivity index (χ2v) is 7.43. The number of hydrogen-bond acceptors (Lipinski definition) is 5. The molecular formula is C12H18ClN3O2S. The van der Waals surface area contributed by atoms with Crippen LogP contribution in [0.5, 0.6) is 0 Å². The highest BCUT2D eigenvalue weighted by molar-refractivity contribution is 7.91. The first-order valence-corrected chi connectivity index (χ1v) is 8.68. The molecule has 0 saturated carbocycles. The number of nitrogens with one attached hydrogen (secondary N) is 1. The Morgan fingerprint density at radius 2 is 2.26 bits per heavy atom. The van der Waals surface area contributed by atoms with Crippen LogP contribution in [0.4, 0.5) is 5.82 Å². The number of aromatic nitrogens is 2. The number of hydrogen-bond donors (Lipinski definition) is 1. The van der Waals surface area contributed by atoms with E-state index in [1.807, 2.05) is 0 Å². The quantitative estimate of drug-likeness (QED) is 0.862. The fraction of sp³-hybridized carbons (Fsp3) is 0.667. The summed E-state index contributed by atoms with van der Waals surface area (Å²) < 4.78 is 23.3. The first-order chi connectivity index (χ1) is 9.02. The van der Waals surface area contributed by atoms with E-state index in [1.54, 1.807) is 0 Å². The summed E-state index contributed by atoms with van der Waals surface area (Å²) in [5.41, 5.74) is 0.870. The zero-order valence-corrected chi connectivity index (χ0v) is 12.5. The van der Waals surface area contributed by atoms with E-state index < -0.39 is 9.84 Å². The van der Waals surface area contributed by atoms with Crippen LogP contribution in [-0.2, 0) is 16.3 Å². The molecule has 1 aliphatic rings. The summed E-state index contributed by atoms with van der Waals surface area (Å²) in [5.74, 6) is 1.13. The lowest BCUT2D eigenvalue weighted by Gasteiger charge is -2.24. The van der Waals surface area contributed by atoms with Crippen molar-refractivity contribution in [2.45, 2.75) is 38.6 Å². The molecule has 1 aliphatic heterocycles. The van der Waals surface area contributed by atoms with Crippen LogP contribution in [0.3, 0.4) is 0 Å². The standard InChI is InChI=1S/C12H18ClN3O2S/c1-2-4-10-11(13)14-8-15-12(10)16-9-5-3-6-19(17,18)7-9/h8-9H,2-7H2,1H3,(H,14,15,16). The van der Waals surface area contributed by atoms with E-state index in [4.69, 9.17) is 11.6 Å². The van der Waals surface area contributed by atoms with Crippen LogP contribution in [0.15, 0.2) is 6.33 Å². The smallest absolute Gasteiger partial charge is 0.152 e. The van der Waals surface area contributed by atoms with E-state index in [0.29, 0.717) is 17.4 Å². The third kappa shape index (κ3) is 3.79. The molecule has 0 aliphatic carbocycles. The summed E-state index contributed by atoms with van der Waals surface area (Å²) in [6.45, 7) is 2.05. The molecule has 0 bridgehead atoms. The molecule has 2 heterocycles. The number of sulfone groups is 1. The minimum Gasteiger partial charge on any atom is -0.366 e. The summed E-state index contributed by atoms with van der Waals surface area (Å²) in [6, 6.07) is -0.0830. The van der Waals surface area contributed by atoms with Gasteiger partial charge in [0, 0.05) is 11.6 Å². The lowest BCUT2D eigenvalue weighted by molar-refractivity contribution is 0.561. The molecule has 0 spiro atoms. The third-order valence-electron chi connectivity index (χ3n) is 3.20. The molecule has 1 unspecified atom stereocenters. The van der Waals surface area contributed by atoms with Crippen molar-refractivity contribution in [3.8, 4) is 0 Å². The zero-order chi connectivity index (χ0) is 13.9. The maximum Gasteiger partial charge on any atom is 0.152 e. The molecule has 0 amide bonds. The highest BCUT2D eigenvalue weighted by atomic mass is 35.5. The highest BCUT2D eigenvalue weighted by Gasteiger charge is 2.25. The maximum atomic E-state index is 11.6.